The van der Waals surface area contributed by atoms with Gasteiger partial charge in [-0.2, -0.15) is 0 Å². The number of aliphatic hydroxyl groups excluding tert-OH is 1. The lowest BCUT2D eigenvalue weighted by molar-refractivity contribution is -0.107. The van der Waals surface area contributed by atoms with Crippen molar-refractivity contribution >= 4 is 34.6 Å². The largest absolute Gasteiger partial charge is 0.393 e. The van der Waals surface area contributed by atoms with E-state index in [2.05, 4.69) is 16.0 Å². The summed E-state index contributed by atoms with van der Waals surface area (Å²) in [6.07, 6.45) is 9.81. The van der Waals surface area contributed by atoms with E-state index in [0.29, 0.717) is 23.2 Å². The van der Waals surface area contributed by atoms with E-state index in [1.165, 1.54) is 43.4 Å². The first-order chi connectivity index (χ1) is 14.0. The molecule has 0 atom stereocenters. The van der Waals surface area contributed by atoms with Crippen LogP contribution in [0.1, 0.15) is 67.1 Å². The number of aliphatic hydroxyl groups is 1. The summed E-state index contributed by atoms with van der Waals surface area (Å²) in [5, 5.41) is 26.9. The molecule has 2 heterocycles. The fourth-order valence-corrected chi connectivity index (χ4v) is 4.18. The molecule has 7 nitrogen and oxygen atoms in total. The zero-order valence-corrected chi connectivity index (χ0v) is 18.4. The first-order valence-electron chi connectivity index (χ1n) is 10.4. The fourth-order valence-electron chi connectivity index (χ4n) is 3.18. The van der Waals surface area contributed by atoms with Crippen LogP contribution in [0.25, 0.3) is 0 Å². The molecule has 0 unspecified atom stereocenters. The Morgan fingerprint density at radius 3 is 2.31 bits per heavy atom. The van der Waals surface area contributed by atoms with Crippen molar-refractivity contribution in [1.82, 2.24) is 10.6 Å². The lowest BCUT2D eigenvalue weighted by atomic mass is 9.95. The highest BCUT2D eigenvalue weighted by molar-refractivity contribution is 7.18. The maximum atomic E-state index is 10.8. The number of nitrogens with one attached hydrogen (secondary N) is 4. The van der Waals surface area contributed by atoms with Gasteiger partial charge >= 0.3 is 0 Å². The van der Waals surface area contributed by atoms with Gasteiger partial charge in [0.1, 0.15) is 6.29 Å². The number of hydrogen-bond acceptors (Lipinski definition) is 8. The van der Waals surface area contributed by atoms with Crippen LogP contribution in [0, 0.1) is 5.41 Å². The molecule has 0 spiro atoms. The molecule has 1 aliphatic heterocycles. The van der Waals surface area contributed by atoms with Crippen LogP contribution in [0.4, 0.5) is 5.00 Å². The number of anilines is 1. The van der Waals surface area contributed by atoms with Gasteiger partial charge in [-0.05, 0) is 58.8 Å². The van der Waals surface area contributed by atoms with Crippen LogP contribution in [0.2, 0.25) is 0 Å². The zero-order valence-electron chi connectivity index (χ0n) is 17.6. The molecule has 1 aromatic rings. The van der Waals surface area contributed by atoms with Gasteiger partial charge in [-0.1, -0.05) is 19.3 Å². The number of carbonyl (C=O) groups excluding carboxylic acids is 2. The van der Waals surface area contributed by atoms with Gasteiger partial charge in [0.2, 0.25) is 0 Å². The monoisotopic (exact) mass is 424 g/mol. The number of rotatable bonds is 6. The molecule has 164 valence electrons. The van der Waals surface area contributed by atoms with Gasteiger partial charge in [0.25, 0.3) is 0 Å². The number of likely N-dealkylation sites (N-methyl/N-ethyl adjacent to an activating group) is 1. The van der Waals surface area contributed by atoms with E-state index in [-0.39, 0.29) is 6.10 Å². The topological polar surface area (TPSA) is 114 Å². The molecule has 0 aromatic carbocycles. The summed E-state index contributed by atoms with van der Waals surface area (Å²) in [5.41, 5.74) is 1.40. The third-order valence-electron chi connectivity index (χ3n) is 4.81. The molecule has 1 saturated carbocycles. The Bertz CT molecular complexity index is 609. The van der Waals surface area contributed by atoms with Crippen molar-refractivity contribution in [2.45, 2.75) is 64.0 Å². The van der Waals surface area contributed by atoms with Crippen LogP contribution in [-0.4, -0.2) is 62.2 Å². The second-order valence-corrected chi connectivity index (χ2v) is 8.40. The highest BCUT2D eigenvalue weighted by atomic mass is 32.1. The molecule has 8 heteroatoms. The van der Waals surface area contributed by atoms with Crippen molar-refractivity contribution in [3.8, 4) is 0 Å². The molecule has 5 N–H and O–H groups in total. The second-order valence-electron chi connectivity index (χ2n) is 7.32. The van der Waals surface area contributed by atoms with Crippen LogP contribution in [0.5, 0.6) is 0 Å². The molecule has 1 aliphatic carbocycles. The standard InChI is InChI=1S/C13H18N2OS.C5H11NO.C3H7NO/c1-9(14)12-7-11(8-16)17-13(12)15-10-5-3-2-4-6-10;7-5-1-3-6-4-2-5;1-4-2-3-5/h7-8,10,14-15H,2-6H2,1H3;5-7H,1-4H2;3-4H,2H2,1H3. The van der Waals surface area contributed by atoms with E-state index in [9.17, 15) is 9.59 Å². The molecular weight excluding hydrogens is 388 g/mol. The molecule has 3 rings (SSSR count). The minimum Gasteiger partial charge on any atom is -0.393 e. The van der Waals surface area contributed by atoms with E-state index in [1.54, 1.807) is 14.0 Å². The molecule has 1 aromatic heterocycles. The predicted octanol–water partition coefficient (Wildman–Crippen LogP) is 2.83. The minimum absolute atomic E-state index is 0.0266. The first kappa shape index (κ1) is 25.4. The summed E-state index contributed by atoms with van der Waals surface area (Å²) in [7, 11) is 1.73. The van der Waals surface area contributed by atoms with Crippen molar-refractivity contribution in [2.24, 2.45) is 0 Å². The number of thiophene rings is 1. The summed E-state index contributed by atoms with van der Waals surface area (Å²) in [5.74, 6) is 0. The van der Waals surface area contributed by atoms with Crippen molar-refractivity contribution in [1.29, 1.82) is 5.41 Å². The van der Waals surface area contributed by atoms with Gasteiger partial charge in [-0.25, -0.2) is 0 Å². The van der Waals surface area contributed by atoms with Crippen LogP contribution in [-0.2, 0) is 4.79 Å². The van der Waals surface area contributed by atoms with Crippen LogP contribution >= 0.6 is 11.3 Å². The van der Waals surface area contributed by atoms with Crippen LogP contribution < -0.4 is 16.0 Å². The predicted molar refractivity (Wildman–Crippen MR) is 121 cm³/mol. The Balaban J connectivity index is 0.000000288. The van der Waals surface area contributed by atoms with Crippen LogP contribution in [0.15, 0.2) is 6.07 Å². The Labute approximate surface area is 178 Å². The average Bonchev–Trinajstić information content (AvgIpc) is 3.14. The third kappa shape index (κ3) is 10.7. The smallest absolute Gasteiger partial charge is 0.160 e. The second kappa shape index (κ2) is 15.3. The van der Waals surface area contributed by atoms with Gasteiger partial charge in [0.15, 0.2) is 6.29 Å². The Kier molecular flexibility index (Phi) is 13.4. The average molecular weight is 425 g/mol. The first-order valence-corrected chi connectivity index (χ1v) is 11.2. The summed E-state index contributed by atoms with van der Waals surface area (Å²) in [6, 6.07) is 2.32. The Hall–Kier alpha value is -1.61. The molecular formula is C21H36N4O3S. The normalized spacial score (nSPS) is 17.2. The van der Waals surface area contributed by atoms with Crippen molar-refractivity contribution in [2.75, 3.05) is 32.0 Å². The molecule has 29 heavy (non-hydrogen) atoms. The van der Waals surface area contributed by atoms with E-state index >= 15 is 0 Å². The van der Waals surface area contributed by atoms with E-state index in [1.807, 2.05) is 6.07 Å². The summed E-state index contributed by atoms with van der Waals surface area (Å²) >= 11 is 1.46. The van der Waals surface area contributed by atoms with Gasteiger partial charge in [-0.15, -0.1) is 11.3 Å². The van der Waals surface area contributed by atoms with E-state index < -0.39 is 0 Å². The highest BCUT2D eigenvalue weighted by Crippen LogP contribution is 2.30. The number of carbonyl (C=O) groups is 2. The lowest BCUT2D eigenvalue weighted by Crippen LogP contribution is -2.30. The van der Waals surface area contributed by atoms with E-state index in [4.69, 9.17) is 10.5 Å². The quantitative estimate of drug-likeness (QED) is 0.354. The number of aldehydes is 2. The SMILES string of the molecule is CC(=N)c1cc(C=O)sc1NC1CCCCC1.CNCC=O.OC1CCNCC1. The van der Waals surface area contributed by atoms with E-state index in [0.717, 1.165) is 49.1 Å². The number of piperidine rings is 1. The van der Waals surface area contributed by atoms with Gasteiger partial charge in [-0.3, -0.25) is 4.79 Å². The van der Waals surface area contributed by atoms with Gasteiger partial charge < -0.3 is 31.3 Å². The Morgan fingerprint density at radius 1 is 1.24 bits per heavy atom. The maximum Gasteiger partial charge on any atom is 0.160 e. The third-order valence-corrected chi connectivity index (χ3v) is 5.80. The van der Waals surface area contributed by atoms with Crippen LogP contribution in [0.3, 0.4) is 0 Å². The highest BCUT2D eigenvalue weighted by Gasteiger charge is 2.17. The summed E-state index contributed by atoms with van der Waals surface area (Å²) < 4.78 is 0. The van der Waals surface area contributed by atoms with Gasteiger partial charge in [0.05, 0.1) is 22.5 Å². The van der Waals surface area contributed by atoms with Crippen molar-refractivity contribution in [3.05, 3.63) is 16.5 Å². The number of hydrogen-bond donors (Lipinski definition) is 5. The summed E-state index contributed by atoms with van der Waals surface area (Å²) in [6.45, 7) is 4.20. The zero-order chi connectivity index (χ0) is 21.5. The molecule has 2 fully saturated rings. The molecule has 0 amide bonds. The molecule has 0 radical (unpaired) electrons. The molecule has 2 aliphatic rings. The van der Waals surface area contributed by atoms with Crippen molar-refractivity contribution < 1.29 is 14.7 Å². The summed E-state index contributed by atoms with van der Waals surface area (Å²) in [4.78, 5) is 20.8. The Morgan fingerprint density at radius 2 is 1.90 bits per heavy atom. The molecule has 0 bridgehead atoms. The molecule has 1 saturated heterocycles. The minimum atomic E-state index is -0.0266. The van der Waals surface area contributed by atoms with Crippen molar-refractivity contribution in [3.63, 3.8) is 0 Å². The fraction of sp³-hybridized carbons (Fsp3) is 0.667. The van der Waals surface area contributed by atoms with Gasteiger partial charge in [0, 0.05) is 17.3 Å². The lowest BCUT2D eigenvalue weighted by Gasteiger charge is -2.23. The maximum absolute atomic E-state index is 10.8.